The summed E-state index contributed by atoms with van der Waals surface area (Å²) in [6, 6.07) is 13.9. The normalized spacial score (nSPS) is 15.5. The van der Waals surface area contributed by atoms with Crippen molar-refractivity contribution in [2.75, 3.05) is 0 Å². The number of hydrogen-bond acceptors (Lipinski definition) is 4. The molecule has 0 bridgehead atoms. The lowest BCUT2D eigenvalue weighted by Gasteiger charge is -2.32. The van der Waals surface area contributed by atoms with Crippen LogP contribution >= 0.6 is 0 Å². The van der Waals surface area contributed by atoms with Crippen LogP contribution in [0.2, 0.25) is 0 Å². The molecule has 0 aliphatic heterocycles. The molecular formula is C25H23F3N2O3. The number of hydrogen-bond donors (Lipinski definition) is 1. The van der Waals surface area contributed by atoms with E-state index in [-0.39, 0.29) is 12.2 Å². The minimum atomic E-state index is -4.47. The highest BCUT2D eigenvalue weighted by Gasteiger charge is 2.39. The number of alkyl halides is 3. The molecule has 8 heteroatoms. The van der Waals surface area contributed by atoms with Gasteiger partial charge in [0.1, 0.15) is 5.69 Å². The van der Waals surface area contributed by atoms with Gasteiger partial charge in [0.15, 0.2) is 17.2 Å². The zero-order valence-electron chi connectivity index (χ0n) is 18.0. The summed E-state index contributed by atoms with van der Waals surface area (Å²) in [7, 11) is 0. The molecule has 0 radical (unpaired) electrons. The Labute approximate surface area is 188 Å². The first kappa shape index (κ1) is 22.8. The summed E-state index contributed by atoms with van der Waals surface area (Å²) >= 11 is 0. The molecule has 0 amide bonds. The Balaban J connectivity index is 1.91. The van der Waals surface area contributed by atoms with Gasteiger partial charge in [-0.25, -0.2) is 0 Å². The van der Waals surface area contributed by atoms with E-state index in [1.807, 2.05) is 0 Å². The van der Waals surface area contributed by atoms with Crippen LogP contribution in [0.3, 0.4) is 0 Å². The first-order chi connectivity index (χ1) is 15.6. The lowest BCUT2D eigenvalue weighted by molar-refractivity contribution is -0.137. The van der Waals surface area contributed by atoms with E-state index in [0.29, 0.717) is 24.0 Å². The Morgan fingerprint density at radius 2 is 1.76 bits per heavy atom. The van der Waals surface area contributed by atoms with Gasteiger partial charge in [-0.2, -0.15) is 18.3 Å². The van der Waals surface area contributed by atoms with E-state index in [0.717, 1.165) is 18.9 Å². The molecule has 1 saturated carbocycles. The monoisotopic (exact) mass is 456 g/mol. The molecule has 1 aliphatic rings. The molecular weight excluding hydrogens is 433 g/mol. The number of Topliss-reactive ketones (excluding diaryl/α,β-unsaturated/α-hetero) is 1. The standard InChI is InChI=1S/C25H23F3N2O3/c1-16(31)20-22(32)23(33)21(17-8-3-2-4-9-17)30(29-20)15-24(12-5-6-13-24)18-10-7-11-19(14-18)25(26,27)28/h2-4,7-11,14,33H,5-6,12-13,15H2,1H3. The molecule has 0 unspecified atom stereocenters. The molecule has 3 aromatic rings. The number of benzene rings is 2. The van der Waals surface area contributed by atoms with E-state index in [9.17, 15) is 27.9 Å². The lowest BCUT2D eigenvalue weighted by Crippen LogP contribution is -2.33. The topological polar surface area (TPSA) is 72.2 Å². The molecule has 1 aromatic heterocycles. The van der Waals surface area contributed by atoms with Crippen molar-refractivity contribution in [2.24, 2.45) is 0 Å². The molecule has 0 atom stereocenters. The summed E-state index contributed by atoms with van der Waals surface area (Å²) in [5.41, 5.74) is -1.49. The predicted octanol–water partition coefficient (Wildman–Crippen LogP) is 5.35. The molecule has 1 aliphatic carbocycles. The average Bonchev–Trinajstić information content (AvgIpc) is 3.26. The van der Waals surface area contributed by atoms with Crippen LogP contribution in [0.1, 0.15) is 54.2 Å². The Morgan fingerprint density at radius 3 is 2.36 bits per heavy atom. The van der Waals surface area contributed by atoms with Crippen LogP contribution in [0.15, 0.2) is 59.4 Å². The zero-order valence-corrected chi connectivity index (χ0v) is 18.0. The maximum absolute atomic E-state index is 13.4. The number of aromatic nitrogens is 2. The molecule has 4 rings (SSSR count). The van der Waals surface area contributed by atoms with Gasteiger partial charge in [-0.3, -0.25) is 14.3 Å². The summed E-state index contributed by atoms with van der Waals surface area (Å²) in [6.07, 6.45) is -1.59. The van der Waals surface area contributed by atoms with Crippen molar-refractivity contribution >= 4 is 5.78 Å². The zero-order chi connectivity index (χ0) is 23.8. The van der Waals surface area contributed by atoms with E-state index in [2.05, 4.69) is 5.10 Å². The minimum absolute atomic E-state index is 0.118. The van der Waals surface area contributed by atoms with Gasteiger partial charge < -0.3 is 5.11 Å². The molecule has 1 heterocycles. The first-order valence-electron chi connectivity index (χ1n) is 10.7. The highest BCUT2D eigenvalue weighted by Crippen LogP contribution is 2.44. The van der Waals surface area contributed by atoms with Gasteiger partial charge >= 0.3 is 6.18 Å². The summed E-state index contributed by atoms with van der Waals surface area (Å²) in [6.45, 7) is 1.31. The summed E-state index contributed by atoms with van der Waals surface area (Å²) in [4.78, 5) is 24.7. The van der Waals surface area contributed by atoms with Crippen LogP contribution in [-0.4, -0.2) is 20.7 Å². The second-order valence-electron chi connectivity index (χ2n) is 8.52. The number of carbonyl (C=O) groups excluding carboxylic acids is 1. The fraction of sp³-hybridized carbons (Fsp3) is 0.320. The number of aromatic hydroxyl groups is 1. The third-order valence-corrected chi connectivity index (χ3v) is 6.33. The SMILES string of the molecule is CC(=O)c1nn(CC2(c3cccc(C(F)(F)F)c3)CCCC2)c(-c2ccccc2)c(O)c1=O. The van der Waals surface area contributed by atoms with Gasteiger partial charge in [0, 0.05) is 17.9 Å². The quantitative estimate of drug-likeness (QED) is 0.526. The number of nitrogens with zero attached hydrogens (tertiary/aromatic N) is 2. The molecule has 172 valence electrons. The van der Waals surface area contributed by atoms with Crippen molar-refractivity contribution in [3.05, 3.63) is 81.6 Å². The van der Waals surface area contributed by atoms with Crippen LogP contribution in [0, 0.1) is 0 Å². The summed E-state index contributed by atoms with van der Waals surface area (Å²) in [5, 5.41) is 15.1. The van der Waals surface area contributed by atoms with Crippen molar-refractivity contribution in [2.45, 2.75) is 50.7 Å². The Hall–Kier alpha value is -3.42. The van der Waals surface area contributed by atoms with Crippen LogP contribution in [0.5, 0.6) is 5.75 Å². The molecule has 2 aromatic carbocycles. The Morgan fingerprint density at radius 1 is 1.09 bits per heavy atom. The molecule has 0 saturated heterocycles. The molecule has 1 fully saturated rings. The third-order valence-electron chi connectivity index (χ3n) is 6.33. The number of rotatable bonds is 5. The van der Waals surface area contributed by atoms with Crippen molar-refractivity contribution in [3.63, 3.8) is 0 Å². The van der Waals surface area contributed by atoms with Crippen molar-refractivity contribution in [3.8, 4) is 17.0 Å². The number of ketones is 1. The fourth-order valence-electron chi connectivity index (χ4n) is 4.69. The lowest BCUT2D eigenvalue weighted by atomic mass is 9.78. The van der Waals surface area contributed by atoms with Crippen LogP contribution in [0.25, 0.3) is 11.3 Å². The van der Waals surface area contributed by atoms with Gasteiger partial charge in [-0.1, -0.05) is 61.4 Å². The van der Waals surface area contributed by atoms with Gasteiger partial charge in [0.25, 0.3) is 5.43 Å². The van der Waals surface area contributed by atoms with E-state index >= 15 is 0 Å². The molecule has 33 heavy (non-hydrogen) atoms. The second kappa shape index (κ2) is 8.50. The largest absolute Gasteiger partial charge is 0.503 e. The third kappa shape index (κ3) is 4.29. The second-order valence-corrected chi connectivity index (χ2v) is 8.52. The van der Waals surface area contributed by atoms with E-state index < -0.39 is 39.8 Å². The minimum Gasteiger partial charge on any atom is -0.503 e. The summed E-state index contributed by atoms with van der Waals surface area (Å²) in [5.74, 6) is -1.19. The first-order valence-corrected chi connectivity index (χ1v) is 10.7. The van der Waals surface area contributed by atoms with E-state index in [1.54, 1.807) is 36.4 Å². The van der Waals surface area contributed by atoms with Gasteiger partial charge in [-0.05, 0) is 24.5 Å². The molecule has 1 N–H and O–H groups in total. The van der Waals surface area contributed by atoms with Gasteiger partial charge in [-0.15, -0.1) is 0 Å². The van der Waals surface area contributed by atoms with Gasteiger partial charge in [0.2, 0.25) is 0 Å². The fourth-order valence-corrected chi connectivity index (χ4v) is 4.69. The molecule has 5 nitrogen and oxygen atoms in total. The Kier molecular flexibility index (Phi) is 5.86. The maximum atomic E-state index is 13.4. The number of carbonyl (C=O) groups is 1. The highest BCUT2D eigenvalue weighted by molar-refractivity contribution is 5.92. The molecule has 0 spiro atoms. The maximum Gasteiger partial charge on any atom is 0.416 e. The van der Waals surface area contributed by atoms with Gasteiger partial charge in [0.05, 0.1) is 12.1 Å². The smallest absolute Gasteiger partial charge is 0.416 e. The van der Waals surface area contributed by atoms with Crippen LogP contribution in [0.4, 0.5) is 13.2 Å². The summed E-state index contributed by atoms with van der Waals surface area (Å²) < 4.78 is 41.6. The van der Waals surface area contributed by atoms with E-state index in [4.69, 9.17) is 0 Å². The van der Waals surface area contributed by atoms with Crippen LogP contribution < -0.4 is 5.43 Å². The van der Waals surface area contributed by atoms with E-state index in [1.165, 1.54) is 23.7 Å². The predicted molar refractivity (Wildman–Crippen MR) is 117 cm³/mol. The Bertz CT molecular complexity index is 1240. The van der Waals surface area contributed by atoms with Crippen molar-refractivity contribution < 1.29 is 23.1 Å². The van der Waals surface area contributed by atoms with Crippen molar-refractivity contribution in [1.82, 2.24) is 9.78 Å². The number of halogens is 3. The van der Waals surface area contributed by atoms with Crippen molar-refractivity contribution in [1.29, 1.82) is 0 Å². The highest BCUT2D eigenvalue weighted by atomic mass is 19.4. The van der Waals surface area contributed by atoms with Crippen LogP contribution in [-0.2, 0) is 18.1 Å². The average molecular weight is 456 g/mol.